The number of hydrogen-bond acceptors (Lipinski definition) is 7. The van der Waals surface area contributed by atoms with Crippen molar-refractivity contribution in [2.45, 2.75) is 6.92 Å². The van der Waals surface area contributed by atoms with Crippen molar-refractivity contribution < 1.29 is 22.3 Å². The van der Waals surface area contributed by atoms with Crippen molar-refractivity contribution in [2.75, 3.05) is 6.26 Å². The predicted molar refractivity (Wildman–Crippen MR) is 94.8 cm³/mol. The van der Waals surface area contributed by atoms with E-state index in [4.69, 9.17) is 5.73 Å². The Bertz CT molecular complexity index is 948. The lowest BCUT2D eigenvalue weighted by Crippen LogP contribution is -2.37. The summed E-state index contributed by atoms with van der Waals surface area (Å²) in [6.45, 7) is 1.48. The third kappa shape index (κ3) is 5.13. The van der Waals surface area contributed by atoms with Gasteiger partial charge in [0.25, 0.3) is 5.91 Å². The minimum Gasteiger partial charge on any atom is -0.367 e. The van der Waals surface area contributed by atoms with E-state index in [2.05, 4.69) is 14.8 Å². The number of benzene rings is 1. The van der Waals surface area contributed by atoms with Gasteiger partial charge in [-0.15, -0.1) is 11.3 Å². The first kappa shape index (κ1) is 18.6. The smallest absolute Gasteiger partial charge is 0.325 e. The highest BCUT2D eigenvalue weighted by Crippen LogP contribution is 2.29. The van der Waals surface area contributed by atoms with Gasteiger partial charge in [-0.25, -0.2) is 0 Å². The second-order valence-corrected chi connectivity index (χ2v) is 7.48. The van der Waals surface area contributed by atoms with Crippen molar-refractivity contribution in [2.24, 2.45) is 10.9 Å². The number of guanidine groups is 1. The molecular weight excluding hydrogens is 366 g/mol. The Morgan fingerprint density at radius 3 is 2.64 bits per heavy atom. The fourth-order valence-corrected chi connectivity index (χ4v) is 2.99. The zero-order valence-corrected chi connectivity index (χ0v) is 15.0. The molecule has 3 N–H and O–H groups in total. The van der Waals surface area contributed by atoms with Crippen LogP contribution in [0, 0.1) is 0 Å². The van der Waals surface area contributed by atoms with Crippen LogP contribution in [0.2, 0.25) is 0 Å². The van der Waals surface area contributed by atoms with Crippen LogP contribution in [-0.2, 0) is 14.4 Å². The van der Waals surface area contributed by atoms with Crippen molar-refractivity contribution in [3.8, 4) is 11.1 Å². The van der Waals surface area contributed by atoms with Gasteiger partial charge < -0.3 is 5.73 Å². The molecule has 8 nitrogen and oxygen atoms in total. The summed E-state index contributed by atoms with van der Waals surface area (Å²) in [6.07, 6.45) is 0.794. The molecule has 0 fully saturated rings. The molecule has 0 radical (unpaired) electrons. The quantitative estimate of drug-likeness (QED) is 0.350. The summed E-state index contributed by atoms with van der Waals surface area (Å²) in [5.74, 6) is -1.16. The van der Waals surface area contributed by atoms with E-state index in [0.717, 1.165) is 11.8 Å². The molecule has 0 saturated heterocycles. The summed E-state index contributed by atoms with van der Waals surface area (Å²) in [5.41, 5.74) is 7.09. The maximum absolute atomic E-state index is 12.2. The number of rotatable bonds is 5. The molecule has 0 aliphatic rings. The maximum Gasteiger partial charge on any atom is 0.325 e. The van der Waals surface area contributed by atoms with E-state index in [0.29, 0.717) is 10.4 Å². The predicted octanol–water partition coefficient (Wildman–Crippen LogP) is 1.55. The zero-order valence-electron chi connectivity index (χ0n) is 13.3. The number of Topliss-reactive ketones (excluding diaryl/α,β-unsaturated/α-hetero) is 1. The van der Waals surface area contributed by atoms with Gasteiger partial charge in [0.15, 0.2) is 5.78 Å². The largest absolute Gasteiger partial charge is 0.367 e. The third-order valence-corrected chi connectivity index (χ3v) is 4.29. The summed E-state index contributed by atoms with van der Waals surface area (Å²) in [6, 6.07) is 8.37. The number of amides is 1. The van der Waals surface area contributed by atoms with E-state index in [1.165, 1.54) is 18.3 Å². The number of carbonyl (C=O) groups excluding carboxylic acids is 2. The minimum absolute atomic E-state index is 0.0610. The van der Waals surface area contributed by atoms with E-state index in [-0.39, 0.29) is 11.3 Å². The standard InChI is InChI=1S/C15H15N3O5S2/c1-9(19)13-12(6-7-24-13)10-4-3-5-11(8-10)14(20)17-15(16)18-23-25(2,21)22/h3-8H,1-2H3,(H3,16,17,18,20). The zero-order chi connectivity index (χ0) is 18.6. The van der Waals surface area contributed by atoms with Gasteiger partial charge in [-0.3, -0.25) is 19.2 Å². The molecule has 0 spiro atoms. The van der Waals surface area contributed by atoms with Gasteiger partial charge >= 0.3 is 10.1 Å². The minimum atomic E-state index is -3.82. The number of thiophene rings is 1. The highest BCUT2D eigenvalue weighted by molar-refractivity contribution is 7.85. The summed E-state index contributed by atoms with van der Waals surface area (Å²) in [4.78, 5) is 24.4. The number of nitrogens with one attached hydrogen (secondary N) is 1. The highest BCUT2D eigenvalue weighted by atomic mass is 32.2. The van der Waals surface area contributed by atoms with Crippen LogP contribution in [0.5, 0.6) is 0 Å². The van der Waals surface area contributed by atoms with E-state index in [9.17, 15) is 18.0 Å². The fourth-order valence-electron chi connectivity index (χ4n) is 1.96. The number of nitrogens with zero attached hydrogens (tertiary/aromatic N) is 1. The Labute approximate surface area is 148 Å². The Hall–Kier alpha value is -2.72. The summed E-state index contributed by atoms with van der Waals surface area (Å²) < 4.78 is 25.8. The molecule has 0 aliphatic heterocycles. The first-order valence-corrected chi connectivity index (χ1v) is 9.59. The SMILES string of the molecule is CC(=O)c1sccc1-c1cccc(C(=O)NC(N)=NOS(C)(=O)=O)c1. The molecule has 0 aliphatic carbocycles. The molecule has 1 amide bonds. The lowest BCUT2D eigenvalue weighted by atomic mass is 10.0. The van der Waals surface area contributed by atoms with Crippen LogP contribution in [0.4, 0.5) is 0 Å². The van der Waals surface area contributed by atoms with Gasteiger partial charge in [-0.1, -0.05) is 12.1 Å². The van der Waals surface area contributed by atoms with Crippen molar-refractivity contribution in [3.63, 3.8) is 0 Å². The fraction of sp³-hybridized carbons (Fsp3) is 0.133. The lowest BCUT2D eigenvalue weighted by Gasteiger charge is -2.06. The molecule has 25 heavy (non-hydrogen) atoms. The first-order valence-electron chi connectivity index (χ1n) is 6.89. The van der Waals surface area contributed by atoms with Gasteiger partial charge in [0, 0.05) is 11.1 Å². The van der Waals surface area contributed by atoms with Crippen LogP contribution in [0.1, 0.15) is 27.0 Å². The van der Waals surface area contributed by atoms with Gasteiger partial charge in [0.1, 0.15) is 0 Å². The topological polar surface area (TPSA) is 128 Å². The Kier molecular flexibility index (Phi) is 5.55. The van der Waals surface area contributed by atoms with Crippen molar-refractivity contribution in [1.29, 1.82) is 0 Å². The van der Waals surface area contributed by atoms with Gasteiger partial charge in [-0.2, -0.15) is 8.42 Å². The number of nitrogens with two attached hydrogens (primary N) is 1. The van der Waals surface area contributed by atoms with Gasteiger partial charge in [-0.05, 0) is 41.2 Å². The van der Waals surface area contributed by atoms with Crippen molar-refractivity contribution >= 4 is 39.1 Å². The highest BCUT2D eigenvalue weighted by Gasteiger charge is 2.14. The molecule has 132 valence electrons. The number of carbonyl (C=O) groups is 2. The van der Waals surface area contributed by atoms with Crippen molar-refractivity contribution in [3.05, 3.63) is 46.2 Å². The Morgan fingerprint density at radius 2 is 2.00 bits per heavy atom. The van der Waals surface area contributed by atoms with Crippen LogP contribution in [0.25, 0.3) is 11.1 Å². The van der Waals surface area contributed by atoms with Crippen LogP contribution in [-0.4, -0.2) is 32.3 Å². The molecule has 0 atom stereocenters. The van der Waals surface area contributed by atoms with Crippen LogP contribution < -0.4 is 11.1 Å². The second-order valence-electron chi connectivity index (χ2n) is 5.01. The lowest BCUT2D eigenvalue weighted by molar-refractivity contribution is 0.0974. The van der Waals surface area contributed by atoms with E-state index >= 15 is 0 Å². The average molecular weight is 381 g/mol. The third-order valence-electron chi connectivity index (χ3n) is 2.93. The molecular formula is C15H15N3O5S2. The molecule has 1 aromatic heterocycles. The Morgan fingerprint density at radius 1 is 1.28 bits per heavy atom. The Balaban J connectivity index is 2.22. The molecule has 0 unspecified atom stereocenters. The molecule has 2 rings (SSSR count). The normalized spacial score (nSPS) is 11.8. The molecule has 2 aromatic rings. The molecule has 0 bridgehead atoms. The molecule has 10 heteroatoms. The second kappa shape index (κ2) is 7.45. The van der Waals surface area contributed by atoms with Gasteiger partial charge in [0.2, 0.25) is 5.96 Å². The van der Waals surface area contributed by atoms with Crippen LogP contribution in [0.15, 0.2) is 40.9 Å². The first-order chi connectivity index (χ1) is 11.7. The summed E-state index contributed by atoms with van der Waals surface area (Å²) in [7, 11) is -3.82. The average Bonchev–Trinajstić information content (AvgIpc) is 3.02. The maximum atomic E-state index is 12.2. The molecule has 1 aromatic carbocycles. The van der Waals surface area contributed by atoms with Crippen LogP contribution >= 0.6 is 11.3 Å². The number of oxime groups is 1. The summed E-state index contributed by atoms with van der Waals surface area (Å²) in [5, 5.41) is 7.11. The summed E-state index contributed by atoms with van der Waals surface area (Å²) >= 11 is 1.32. The number of hydrogen-bond donors (Lipinski definition) is 2. The van der Waals surface area contributed by atoms with E-state index in [1.54, 1.807) is 35.7 Å². The van der Waals surface area contributed by atoms with Crippen molar-refractivity contribution in [1.82, 2.24) is 5.32 Å². The van der Waals surface area contributed by atoms with Crippen LogP contribution in [0.3, 0.4) is 0 Å². The molecule has 0 saturated carbocycles. The van der Waals surface area contributed by atoms with E-state index in [1.807, 2.05) is 0 Å². The number of ketones is 1. The monoisotopic (exact) mass is 381 g/mol. The van der Waals surface area contributed by atoms with Gasteiger partial charge in [0.05, 0.1) is 11.1 Å². The molecule has 1 heterocycles. The van der Waals surface area contributed by atoms with E-state index < -0.39 is 22.0 Å².